The van der Waals surface area contributed by atoms with Gasteiger partial charge in [0, 0.05) is 18.9 Å². The second-order valence-electron chi connectivity index (χ2n) is 4.35. The SMILES string of the molecule is CCS(=O)(=O)CCCNC(COC)C(C)C. The number of methoxy groups -OCH3 is 1. The Morgan fingerprint density at radius 1 is 1.31 bits per heavy atom. The van der Waals surface area contributed by atoms with Gasteiger partial charge in [-0.15, -0.1) is 0 Å². The first kappa shape index (κ1) is 15.9. The molecule has 0 aromatic carbocycles. The summed E-state index contributed by atoms with van der Waals surface area (Å²) in [6.07, 6.45) is 0.670. The van der Waals surface area contributed by atoms with E-state index in [-0.39, 0.29) is 11.5 Å². The van der Waals surface area contributed by atoms with Gasteiger partial charge in [0.25, 0.3) is 0 Å². The molecule has 5 heteroatoms. The molecule has 0 saturated carbocycles. The highest BCUT2D eigenvalue weighted by atomic mass is 32.2. The Hall–Kier alpha value is -0.130. The molecule has 0 fully saturated rings. The smallest absolute Gasteiger partial charge is 0.150 e. The molecule has 0 aromatic rings. The van der Waals surface area contributed by atoms with Gasteiger partial charge in [-0.1, -0.05) is 20.8 Å². The van der Waals surface area contributed by atoms with Crippen LogP contribution in [0.1, 0.15) is 27.2 Å². The molecular weight excluding hydrogens is 226 g/mol. The van der Waals surface area contributed by atoms with Crippen LogP contribution in [0.15, 0.2) is 0 Å². The fraction of sp³-hybridized carbons (Fsp3) is 1.00. The average molecular weight is 251 g/mol. The molecule has 1 N–H and O–H groups in total. The van der Waals surface area contributed by atoms with Crippen LogP contribution in [0.25, 0.3) is 0 Å². The minimum Gasteiger partial charge on any atom is -0.383 e. The van der Waals surface area contributed by atoms with Crippen molar-refractivity contribution >= 4 is 9.84 Å². The molecule has 0 aliphatic heterocycles. The predicted octanol–water partition coefficient (Wildman–Crippen LogP) is 1.07. The highest BCUT2D eigenvalue weighted by molar-refractivity contribution is 7.91. The van der Waals surface area contributed by atoms with Crippen LogP contribution in [0.5, 0.6) is 0 Å². The predicted molar refractivity (Wildman–Crippen MR) is 67.4 cm³/mol. The van der Waals surface area contributed by atoms with Gasteiger partial charge in [-0.25, -0.2) is 8.42 Å². The van der Waals surface area contributed by atoms with E-state index in [0.717, 1.165) is 6.54 Å². The van der Waals surface area contributed by atoms with Gasteiger partial charge in [0.15, 0.2) is 0 Å². The van der Waals surface area contributed by atoms with Crippen LogP contribution in [0.2, 0.25) is 0 Å². The summed E-state index contributed by atoms with van der Waals surface area (Å²) < 4.78 is 27.6. The van der Waals surface area contributed by atoms with Crippen molar-refractivity contribution in [2.45, 2.75) is 33.2 Å². The van der Waals surface area contributed by atoms with Crippen LogP contribution in [0, 0.1) is 5.92 Å². The monoisotopic (exact) mass is 251 g/mol. The van der Waals surface area contributed by atoms with Crippen molar-refractivity contribution in [1.82, 2.24) is 5.32 Å². The Balaban J connectivity index is 3.79. The molecule has 0 amide bonds. The van der Waals surface area contributed by atoms with Crippen LogP contribution >= 0.6 is 0 Å². The fourth-order valence-electron chi connectivity index (χ4n) is 1.39. The molecule has 0 radical (unpaired) electrons. The third kappa shape index (κ3) is 7.19. The van der Waals surface area contributed by atoms with E-state index in [1.807, 2.05) is 0 Å². The summed E-state index contributed by atoms with van der Waals surface area (Å²) >= 11 is 0. The lowest BCUT2D eigenvalue weighted by Gasteiger charge is -2.21. The Kier molecular flexibility index (Phi) is 7.97. The van der Waals surface area contributed by atoms with Gasteiger partial charge in [-0.3, -0.25) is 0 Å². The summed E-state index contributed by atoms with van der Waals surface area (Å²) in [6.45, 7) is 7.33. The molecule has 0 spiro atoms. The quantitative estimate of drug-likeness (QED) is 0.623. The van der Waals surface area contributed by atoms with Gasteiger partial charge in [-0.2, -0.15) is 0 Å². The van der Waals surface area contributed by atoms with Crippen molar-refractivity contribution in [2.75, 3.05) is 31.8 Å². The van der Waals surface area contributed by atoms with Crippen LogP contribution in [0.3, 0.4) is 0 Å². The summed E-state index contributed by atoms with van der Waals surface area (Å²) in [6, 6.07) is 0.300. The van der Waals surface area contributed by atoms with E-state index in [1.54, 1.807) is 14.0 Å². The average Bonchev–Trinajstić information content (AvgIpc) is 2.22. The number of nitrogens with one attached hydrogen (secondary N) is 1. The second-order valence-corrected chi connectivity index (χ2v) is 6.82. The van der Waals surface area contributed by atoms with Crippen LogP contribution in [-0.2, 0) is 14.6 Å². The molecule has 98 valence electrons. The van der Waals surface area contributed by atoms with Gasteiger partial charge < -0.3 is 10.1 Å². The zero-order valence-corrected chi connectivity index (χ0v) is 11.6. The second kappa shape index (κ2) is 8.03. The lowest BCUT2D eigenvalue weighted by Crippen LogP contribution is -2.38. The van der Waals surface area contributed by atoms with Gasteiger partial charge in [0.2, 0.25) is 0 Å². The Morgan fingerprint density at radius 2 is 1.94 bits per heavy atom. The minimum atomic E-state index is -2.82. The molecule has 1 unspecified atom stereocenters. The summed E-state index contributed by atoms with van der Waals surface area (Å²) in [5, 5.41) is 3.33. The summed E-state index contributed by atoms with van der Waals surface area (Å²) in [5.41, 5.74) is 0. The number of hydrogen-bond donors (Lipinski definition) is 1. The van der Waals surface area contributed by atoms with Gasteiger partial charge in [0.05, 0.1) is 12.4 Å². The van der Waals surface area contributed by atoms with Crippen LogP contribution in [0.4, 0.5) is 0 Å². The van der Waals surface area contributed by atoms with E-state index < -0.39 is 9.84 Å². The fourth-order valence-corrected chi connectivity index (χ4v) is 2.26. The molecule has 16 heavy (non-hydrogen) atoms. The molecule has 0 aliphatic carbocycles. The summed E-state index contributed by atoms with van der Waals surface area (Å²) in [7, 11) is -1.14. The molecule has 0 rings (SSSR count). The summed E-state index contributed by atoms with van der Waals surface area (Å²) in [4.78, 5) is 0. The lowest BCUT2D eigenvalue weighted by molar-refractivity contribution is 0.147. The number of rotatable bonds is 9. The number of hydrogen-bond acceptors (Lipinski definition) is 4. The summed E-state index contributed by atoms with van der Waals surface area (Å²) in [5.74, 6) is 0.996. The Morgan fingerprint density at radius 3 is 2.38 bits per heavy atom. The van der Waals surface area contributed by atoms with E-state index in [9.17, 15) is 8.42 Å². The van der Waals surface area contributed by atoms with Crippen molar-refractivity contribution in [2.24, 2.45) is 5.92 Å². The van der Waals surface area contributed by atoms with Gasteiger partial charge in [0.1, 0.15) is 9.84 Å². The molecule has 1 atom stereocenters. The first-order chi connectivity index (χ1) is 7.43. The van der Waals surface area contributed by atoms with Gasteiger partial charge >= 0.3 is 0 Å². The zero-order valence-electron chi connectivity index (χ0n) is 10.8. The third-order valence-electron chi connectivity index (χ3n) is 2.63. The third-order valence-corrected chi connectivity index (χ3v) is 4.42. The van der Waals surface area contributed by atoms with E-state index in [1.165, 1.54) is 0 Å². The molecule has 0 aromatic heterocycles. The topological polar surface area (TPSA) is 55.4 Å². The first-order valence-electron chi connectivity index (χ1n) is 5.85. The Labute approximate surface area is 99.7 Å². The van der Waals surface area contributed by atoms with E-state index in [2.05, 4.69) is 19.2 Å². The van der Waals surface area contributed by atoms with E-state index >= 15 is 0 Å². The van der Waals surface area contributed by atoms with Crippen LogP contribution < -0.4 is 5.32 Å². The number of ether oxygens (including phenoxy) is 1. The maximum atomic E-state index is 11.3. The standard InChI is InChI=1S/C11H25NO3S/c1-5-16(13,14)8-6-7-12-11(9-15-4)10(2)3/h10-12H,5-9H2,1-4H3. The van der Waals surface area contributed by atoms with Crippen molar-refractivity contribution < 1.29 is 13.2 Å². The van der Waals surface area contributed by atoms with Crippen molar-refractivity contribution in [3.63, 3.8) is 0 Å². The Bertz CT molecular complexity index is 262. The van der Waals surface area contributed by atoms with E-state index in [4.69, 9.17) is 4.74 Å². The largest absolute Gasteiger partial charge is 0.383 e. The van der Waals surface area contributed by atoms with Gasteiger partial charge in [-0.05, 0) is 18.9 Å². The normalized spacial score (nSPS) is 14.3. The van der Waals surface area contributed by atoms with Crippen molar-refractivity contribution in [1.29, 1.82) is 0 Å². The maximum Gasteiger partial charge on any atom is 0.150 e. The molecule has 0 aliphatic rings. The lowest BCUT2D eigenvalue weighted by atomic mass is 10.1. The molecule has 0 bridgehead atoms. The highest BCUT2D eigenvalue weighted by Gasteiger charge is 2.12. The molecule has 4 nitrogen and oxygen atoms in total. The molecular formula is C11H25NO3S. The highest BCUT2D eigenvalue weighted by Crippen LogP contribution is 2.02. The van der Waals surface area contributed by atoms with Crippen molar-refractivity contribution in [3.8, 4) is 0 Å². The van der Waals surface area contributed by atoms with Crippen molar-refractivity contribution in [3.05, 3.63) is 0 Å². The number of sulfone groups is 1. The first-order valence-corrected chi connectivity index (χ1v) is 7.67. The minimum absolute atomic E-state index is 0.235. The van der Waals surface area contributed by atoms with Crippen LogP contribution in [-0.4, -0.2) is 46.2 Å². The maximum absolute atomic E-state index is 11.3. The van der Waals surface area contributed by atoms with E-state index in [0.29, 0.717) is 25.0 Å². The molecule has 0 saturated heterocycles. The molecule has 0 heterocycles. The zero-order chi connectivity index (χ0) is 12.6.